The Balaban J connectivity index is 1.17. The maximum atomic E-state index is 15.5. The number of hydrogen-bond acceptors (Lipinski definition) is 9. The second-order valence-electron chi connectivity index (χ2n) is 14.6. The Morgan fingerprint density at radius 1 is 1.12 bits per heavy atom. The molecule has 0 spiro atoms. The zero-order valence-electron chi connectivity index (χ0n) is 28.3. The van der Waals surface area contributed by atoms with Gasteiger partial charge in [-0.1, -0.05) is 25.7 Å². The molecule has 15 heteroatoms. The summed E-state index contributed by atoms with van der Waals surface area (Å²) in [5.41, 5.74) is 1.34. The van der Waals surface area contributed by atoms with Gasteiger partial charge >= 0.3 is 12.2 Å². The number of ether oxygens (including phenoxy) is 3. The third-order valence-corrected chi connectivity index (χ3v) is 10.2. The number of halogens is 1. The van der Waals surface area contributed by atoms with Crippen LogP contribution in [0.1, 0.15) is 33.6 Å². The number of cyclic esters (lactones) is 1. The number of carbonyl (C=O) groups is 2. The van der Waals surface area contributed by atoms with Gasteiger partial charge in [0.05, 0.1) is 17.8 Å². The van der Waals surface area contributed by atoms with Gasteiger partial charge in [-0.3, -0.25) is 4.90 Å². The summed E-state index contributed by atoms with van der Waals surface area (Å²) in [4.78, 5) is 38.0. The summed E-state index contributed by atoms with van der Waals surface area (Å²) in [5.74, 6) is 0.308. The molecule has 2 amide bonds. The van der Waals surface area contributed by atoms with Gasteiger partial charge < -0.3 is 19.1 Å². The number of piperidine rings is 1. The fourth-order valence-corrected chi connectivity index (χ4v) is 6.67. The fourth-order valence-electron chi connectivity index (χ4n) is 5.92. The maximum absolute atomic E-state index is 15.5. The number of nitrogens with zero attached hydrogens (tertiary/aromatic N) is 8. The fraction of sp³-hybridized carbons (Fsp3) is 0.515. The Hall–Kier alpha value is -4.37. The smallest absolute Gasteiger partial charge is 0.415 e. The second-order valence-corrected chi connectivity index (χ2v) is 20.2. The Bertz CT molecular complexity index is 1790. The molecule has 4 aromatic rings. The lowest BCUT2D eigenvalue weighted by atomic mass is 9.89. The van der Waals surface area contributed by atoms with E-state index in [-0.39, 0.29) is 42.8 Å². The molecule has 3 aromatic heterocycles. The normalized spacial score (nSPS) is 17.7. The number of hydrogen-bond donors (Lipinski definition) is 0. The SMILES string of the molecule is CC(C)(C)OC(=O)N1CCC(C2COC(=O)N2c2ccn3ncc(-c4ccc(-c5ncn(COCC[Si](C)(C)C)n5)c(F)c4)c3n2)CC1. The molecular weight excluding hydrogens is 635 g/mol. The van der Waals surface area contributed by atoms with E-state index in [0.29, 0.717) is 55.1 Å². The van der Waals surface area contributed by atoms with Crippen LogP contribution in [0.5, 0.6) is 0 Å². The summed E-state index contributed by atoms with van der Waals surface area (Å²) < 4.78 is 35.4. The van der Waals surface area contributed by atoms with Gasteiger partial charge in [-0.25, -0.2) is 33.1 Å². The van der Waals surface area contributed by atoms with Crippen molar-refractivity contribution in [3.05, 3.63) is 48.8 Å². The molecule has 6 rings (SSSR count). The van der Waals surface area contributed by atoms with Crippen LogP contribution in [0, 0.1) is 11.7 Å². The Morgan fingerprint density at radius 2 is 1.90 bits per heavy atom. The average molecular weight is 679 g/mol. The van der Waals surface area contributed by atoms with Crippen molar-refractivity contribution in [2.45, 2.75) is 77.7 Å². The van der Waals surface area contributed by atoms with Crippen molar-refractivity contribution < 1.29 is 28.2 Å². The molecule has 0 saturated carbocycles. The number of rotatable bonds is 9. The van der Waals surface area contributed by atoms with E-state index in [1.807, 2.05) is 20.8 Å². The van der Waals surface area contributed by atoms with Crippen molar-refractivity contribution in [3.8, 4) is 22.5 Å². The number of anilines is 1. The van der Waals surface area contributed by atoms with Gasteiger partial charge in [0.15, 0.2) is 11.5 Å². The van der Waals surface area contributed by atoms with Gasteiger partial charge in [-0.15, -0.1) is 5.10 Å². The highest BCUT2D eigenvalue weighted by Gasteiger charge is 2.42. The maximum Gasteiger partial charge on any atom is 0.415 e. The van der Waals surface area contributed by atoms with E-state index in [1.165, 1.54) is 12.4 Å². The third kappa shape index (κ3) is 7.51. The summed E-state index contributed by atoms with van der Waals surface area (Å²) in [6.45, 7) is 14.6. The molecule has 1 atom stereocenters. The van der Waals surface area contributed by atoms with E-state index >= 15 is 4.39 Å². The molecule has 256 valence electrons. The van der Waals surface area contributed by atoms with Crippen LogP contribution in [0.2, 0.25) is 25.7 Å². The highest BCUT2D eigenvalue weighted by atomic mass is 28.3. The molecular formula is C33H43FN8O5Si. The van der Waals surface area contributed by atoms with Gasteiger partial charge in [0.1, 0.15) is 36.9 Å². The van der Waals surface area contributed by atoms with E-state index < -0.39 is 25.6 Å². The number of benzene rings is 1. The van der Waals surface area contributed by atoms with Crippen LogP contribution in [0.3, 0.4) is 0 Å². The summed E-state index contributed by atoms with van der Waals surface area (Å²) in [6, 6.07) is 7.36. The second kappa shape index (κ2) is 13.3. The van der Waals surface area contributed by atoms with E-state index in [9.17, 15) is 9.59 Å². The summed E-state index contributed by atoms with van der Waals surface area (Å²) in [5, 5.41) is 8.81. The van der Waals surface area contributed by atoms with Gasteiger partial charge in [0, 0.05) is 39.5 Å². The zero-order chi connectivity index (χ0) is 34.2. The monoisotopic (exact) mass is 678 g/mol. The minimum atomic E-state index is -1.20. The predicted molar refractivity (Wildman–Crippen MR) is 180 cm³/mol. The average Bonchev–Trinajstić information content (AvgIpc) is 3.76. The molecule has 2 aliphatic rings. The highest BCUT2D eigenvalue weighted by molar-refractivity contribution is 6.76. The topological polar surface area (TPSA) is 129 Å². The number of carbonyl (C=O) groups excluding carboxylic acids is 2. The van der Waals surface area contributed by atoms with Crippen molar-refractivity contribution in [2.24, 2.45) is 5.92 Å². The first-order valence-corrected chi connectivity index (χ1v) is 20.0. The van der Waals surface area contributed by atoms with Crippen LogP contribution in [0.25, 0.3) is 28.2 Å². The minimum Gasteiger partial charge on any atom is -0.447 e. The number of likely N-dealkylation sites (tertiary alicyclic amines) is 1. The van der Waals surface area contributed by atoms with Crippen LogP contribution in [0.4, 0.5) is 19.8 Å². The Labute approximate surface area is 280 Å². The first-order chi connectivity index (χ1) is 22.8. The lowest BCUT2D eigenvalue weighted by molar-refractivity contribution is 0.0173. The summed E-state index contributed by atoms with van der Waals surface area (Å²) in [7, 11) is -1.20. The first kappa shape index (κ1) is 33.5. The van der Waals surface area contributed by atoms with E-state index in [0.717, 1.165) is 6.04 Å². The molecule has 0 aliphatic carbocycles. The molecule has 1 unspecified atom stereocenters. The molecule has 5 heterocycles. The Kier molecular flexibility index (Phi) is 9.26. The van der Waals surface area contributed by atoms with Crippen molar-refractivity contribution in [1.29, 1.82) is 0 Å². The third-order valence-electron chi connectivity index (χ3n) is 8.52. The van der Waals surface area contributed by atoms with Gasteiger partial charge in [0.2, 0.25) is 0 Å². The summed E-state index contributed by atoms with van der Waals surface area (Å²) >= 11 is 0. The zero-order valence-corrected chi connectivity index (χ0v) is 29.3. The summed E-state index contributed by atoms with van der Waals surface area (Å²) in [6.07, 6.45) is 5.47. The molecule has 2 fully saturated rings. The van der Waals surface area contributed by atoms with Crippen LogP contribution in [-0.4, -0.2) is 92.5 Å². The Morgan fingerprint density at radius 3 is 2.60 bits per heavy atom. The van der Waals surface area contributed by atoms with Gasteiger partial charge in [-0.05, 0) is 69.3 Å². The van der Waals surface area contributed by atoms with Gasteiger partial charge in [-0.2, -0.15) is 5.10 Å². The number of amides is 2. The van der Waals surface area contributed by atoms with Crippen molar-refractivity contribution in [2.75, 3.05) is 31.2 Å². The van der Waals surface area contributed by atoms with Gasteiger partial charge in [0.25, 0.3) is 0 Å². The number of aromatic nitrogens is 6. The van der Waals surface area contributed by atoms with Crippen LogP contribution < -0.4 is 4.90 Å². The minimum absolute atomic E-state index is 0.105. The lowest BCUT2D eigenvalue weighted by Gasteiger charge is -2.36. The molecule has 2 saturated heterocycles. The van der Waals surface area contributed by atoms with E-state index in [4.69, 9.17) is 19.2 Å². The lowest BCUT2D eigenvalue weighted by Crippen LogP contribution is -2.47. The quantitative estimate of drug-likeness (QED) is 0.153. The molecule has 0 radical (unpaired) electrons. The molecule has 2 aliphatic heterocycles. The van der Waals surface area contributed by atoms with E-state index in [2.05, 4.69) is 34.8 Å². The molecule has 0 bridgehead atoms. The highest BCUT2D eigenvalue weighted by Crippen LogP contribution is 2.34. The van der Waals surface area contributed by atoms with Crippen LogP contribution >= 0.6 is 0 Å². The van der Waals surface area contributed by atoms with Crippen molar-refractivity contribution in [1.82, 2.24) is 34.3 Å². The molecule has 48 heavy (non-hydrogen) atoms. The predicted octanol–water partition coefficient (Wildman–Crippen LogP) is 6.08. The number of fused-ring (bicyclic) bond motifs is 1. The standard InChI is InChI=1S/C33H43FN8O5Si/c1-33(2,3)47-31(43)39-12-9-22(10-13-39)27-19-46-32(44)42(27)28-11-14-41-30(37-28)25(18-36-41)23-7-8-24(26(34)17-23)29-35-20-40(38-29)21-45-15-16-48(4,5)6/h7-8,11,14,17-18,20,22,27H,9-10,12-13,15-16,19,21H2,1-6H3. The molecule has 13 nitrogen and oxygen atoms in total. The molecule has 0 N–H and O–H groups in total. The largest absolute Gasteiger partial charge is 0.447 e. The van der Waals surface area contributed by atoms with E-state index in [1.54, 1.807) is 49.6 Å². The van der Waals surface area contributed by atoms with Crippen molar-refractivity contribution in [3.63, 3.8) is 0 Å². The van der Waals surface area contributed by atoms with Crippen molar-refractivity contribution >= 4 is 31.7 Å². The molecule has 1 aromatic carbocycles. The van der Waals surface area contributed by atoms with Crippen LogP contribution in [0.15, 0.2) is 43.0 Å². The first-order valence-electron chi connectivity index (χ1n) is 16.3. The van der Waals surface area contributed by atoms with Crippen LogP contribution in [-0.2, 0) is 20.9 Å².